The zero-order valence-corrected chi connectivity index (χ0v) is 10.2. The van der Waals surface area contributed by atoms with Gasteiger partial charge in [-0.25, -0.2) is 0 Å². The fourth-order valence-electron chi connectivity index (χ4n) is 1.77. The van der Waals surface area contributed by atoms with Gasteiger partial charge in [0.05, 0.1) is 5.69 Å². The van der Waals surface area contributed by atoms with Crippen LogP contribution in [0.2, 0.25) is 0 Å². The molecular formula is C12H22N2O. The maximum atomic E-state index is 10.0. The maximum absolute atomic E-state index is 10.0. The number of hydrogen-bond acceptors (Lipinski definition) is 2. The highest BCUT2D eigenvalue weighted by molar-refractivity contribution is 5.32. The van der Waals surface area contributed by atoms with E-state index in [9.17, 15) is 5.11 Å². The van der Waals surface area contributed by atoms with Crippen molar-refractivity contribution in [1.82, 2.24) is 9.78 Å². The molecule has 1 aromatic heterocycles. The van der Waals surface area contributed by atoms with E-state index in [2.05, 4.69) is 25.9 Å². The van der Waals surface area contributed by atoms with Gasteiger partial charge in [-0.1, -0.05) is 27.7 Å². The van der Waals surface area contributed by atoms with Crippen molar-refractivity contribution in [2.24, 2.45) is 5.92 Å². The maximum Gasteiger partial charge on any atom is 0.160 e. The van der Waals surface area contributed by atoms with E-state index in [1.54, 1.807) is 0 Å². The summed E-state index contributed by atoms with van der Waals surface area (Å²) in [5.74, 6) is 0.965. The van der Waals surface area contributed by atoms with Crippen LogP contribution < -0.4 is 0 Å². The predicted molar refractivity (Wildman–Crippen MR) is 62.1 cm³/mol. The number of aromatic hydroxyl groups is 1. The van der Waals surface area contributed by atoms with Crippen molar-refractivity contribution >= 4 is 0 Å². The van der Waals surface area contributed by atoms with Crippen LogP contribution in [0.3, 0.4) is 0 Å². The van der Waals surface area contributed by atoms with E-state index < -0.39 is 0 Å². The lowest BCUT2D eigenvalue weighted by molar-refractivity contribution is 0.449. The second kappa shape index (κ2) is 5.19. The first kappa shape index (κ1) is 12.1. The molecule has 3 heteroatoms. The van der Waals surface area contributed by atoms with Gasteiger partial charge in [0.25, 0.3) is 0 Å². The van der Waals surface area contributed by atoms with Crippen molar-refractivity contribution in [2.75, 3.05) is 0 Å². The lowest BCUT2D eigenvalue weighted by atomic mass is 10.1. The Morgan fingerprint density at radius 3 is 2.47 bits per heavy atom. The molecule has 15 heavy (non-hydrogen) atoms. The Hall–Kier alpha value is -0.990. The molecule has 0 radical (unpaired) electrons. The molecule has 0 spiro atoms. The Morgan fingerprint density at radius 1 is 1.33 bits per heavy atom. The molecule has 86 valence electrons. The lowest BCUT2D eigenvalue weighted by Crippen LogP contribution is -2.07. The van der Waals surface area contributed by atoms with E-state index in [0.717, 1.165) is 37.2 Å². The number of nitrogens with zero attached hydrogens (tertiary/aromatic N) is 2. The zero-order chi connectivity index (χ0) is 11.4. The van der Waals surface area contributed by atoms with Gasteiger partial charge in [-0.3, -0.25) is 4.68 Å². The molecule has 0 aromatic carbocycles. The van der Waals surface area contributed by atoms with Gasteiger partial charge < -0.3 is 5.11 Å². The minimum absolute atomic E-state index is 0.416. The van der Waals surface area contributed by atoms with Gasteiger partial charge in [0.1, 0.15) is 5.69 Å². The summed E-state index contributed by atoms with van der Waals surface area (Å²) in [5.41, 5.74) is 1.84. The molecule has 0 amide bonds. The Kier molecular flexibility index (Phi) is 4.18. The van der Waals surface area contributed by atoms with Crippen LogP contribution in [0.15, 0.2) is 0 Å². The third-order valence-electron chi connectivity index (χ3n) is 2.47. The first-order valence-electron chi connectivity index (χ1n) is 5.87. The molecular weight excluding hydrogens is 188 g/mol. The lowest BCUT2D eigenvalue weighted by Gasteiger charge is -2.08. The molecule has 3 nitrogen and oxygen atoms in total. The standard InChI is InChI=1S/C12H22N2O/c1-5-7-14-11(8-9(3)4)12(15)10(6-2)13-14/h9,15H,5-8H2,1-4H3. The summed E-state index contributed by atoms with van der Waals surface area (Å²) in [5, 5.41) is 14.4. The summed E-state index contributed by atoms with van der Waals surface area (Å²) in [6.07, 6.45) is 2.75. The van der Waals surface area contributed by atoms with Gasteiger partial charge in [0.2, 0.25) is 0 Å². The average molecular weight is 210 g/mol. The highest BCUT2D eigenvalue weighted by Gasteiger charge is 2.16. The van der Waals surface area contributed by atoms with Crippen molar-refractivity contribution in [3.63, 3.8) is 0 Å². The molecule has 0 aliphatic rings. The van der Waals surface area contributed by atoms with Gasteiger partial charge in [-0.05, 0) is 25.2 Å². The molecule has 0 bridgehead atoms. The van der Waals surface area contributed by atoms with Crippen LogP contribution in [0.5, 0.6) is 5.75 Å². The highest BCUT2D eigenvalue weighted by atomic mass is 16.3. The summed E-state index contributed by atoms with van der Waals surface area (Å²) >= 11 is 0. The largest absolute Gasteiger partial charge is 0.504 e. The van der Waals surface area contributed by atoms with E-state index in [1.165, 1.54) is 0 Å². The van der Waals surface area contributed by atoms with Crippen LogP contribution in [0.25, 0.3) is 0 Å². The second-order valence-corrected chi connectivity index (χ2v) is 4.42. The topological polar surface area (TPSA) is 38.0 Å². The molecule has 1 rings (SSSR count). The van der Waals surface area contributed by atoms with Crippen LogP contribution in [0.4, 0.5) is 0 Å². The first-order chi connectivity index (χ1) is 7.10. The monoisotopic (exact) mass is 210 g/mol. The van der Waals surface area contributed by atoms with Gasteiger partial charge in [0.15, 0.2) is 5.75 Å². The summed E-state index contributed by atoms with van der Waals surface area (Å²) in [7, 11) is 0. The van der Waals surface area contributed by atoms with E-state index in [4.69, 9.17) is 0 Å². The van der Waals surface area contributed by atoms with Crippen molar-refractivity contribution in [1.29, 1.82) is 0 Å². The van der Waals surface area contributed by atoms with E-state index in [1.807, 2.05) is 11.6 Å². The SMILES string of the molecule is CCCn1nc(CC)c(O)c1CC(C)C. The molecule has 1 heterocycles. The van der Waals surface area contributed by atoms with Crippen LogP contribution in [-0.2, 0) is 19.4 Å². The normalized spacial score (nSPS) is 11.3. The summed E-state index contributed by atoms with van der Waals surface area (Å²) in [6.45, 7) is 9.37. The number of aryl methyl sites for hydroxylation is 2. The van der Waals surface area contributed by atoms with E-state index in [0.29, 0.717) is 11.7 Å². The van der Waals surface area contributed by atoms with E-state index >= 15 is 0 Å². The molecule has 0 saturated carbocycles. The molecule has 0 atom stereocenters. The second-order valence-electron chi connectivity index (χ2n) is 4.42. The third-order valence-corrected chi connectivity index (χ3v) is 2.47. The highest BCUT2D eigenvalue weighted by Crippen LogP contribution is 2.25. The Balaban J connectivity index is 3.01. The summed E-state index contributed by atoms with van der Waals surface area (Å²) in [6, 6.07) is 0. The fourth-order valence-corrected chi connectivity index (χ4v) is 1.77. The number of hydrogen-bond donors (Lipinski definition) is 1. The van der Waals surface area contributed by atoms with Gasteiger partial charge in [-0.2, -0.15) is 5.10 Å². The molecule has 0 aliphatic heterocycles. The van der Waals surface area contributed by atoms with E-state index in [-0.39, 0.29) is 0 Å². The Morgan fingerprint density at radius 2 is 2.00 bits per heavy atom. The molecule has 1 aromatic rings. The first-order valence-corrected chi connectivity index (χ1v) is 5.87. The summed E-state index contributed by atoms with van der Waals surface area (Å²) in [4.78, 5) is 0. The third kappa shape index (κ3) is 2.74. The quantitative estimate of drug-likeness (QED) is 0.811. The Labute approximate surface area is 92.1 Å². The van der Waals surface area contributed by atoms with Crippen molar-refractivity contribution < 1.29 is 5.11 Å². The molecule has 1 N–H and O–H groups in total. The van der Waals surface area contributed by atoms with Crippen molar-refractivity contribution in [2.45, 2.75) is 53.5 Å². The number of aromatic nitrogens is 2. The fraction of sp³-hybridized carbons (Fsp3) is 0.750. The van der Waals surface area contributed by atoms with Gasteiger partial charge in [-0.15, -0.1) is 0 Å². The molecule has 0 aliphatic carbocycles. The van der Waals surface area contributed by atoms with Crippen LogP contribution in [-0.4, -0.2) is 14.9 Å². The van der Waals surface area contributed by atoms with Gasteiger partial charge in [0, 0.05) is 6.54 Å². The van der Waals surface area contributed by atoms with Gasteiger partial charge >= 0.3 is 0 Å². The zero-order valence-electron chi connectivity index (χ0n) is 10.2. The average Bonchev–Trinajstić information content (AvgIpc) is 2.46. The number of rotatable bonds is 5. The summed E-state index contributed by atoms with van der Waals surface area (Å²) < 4.78 is 1.97. The predicted octanol–water partition coefficient (Wildman–Crippen LogP) is 2.76. The molecule has 0 saturated heterocycles. The van der Waals surface area contributed by atoms with Crippen LogP contribution >= 0.6 is 0 Å². The minimum Gasteiger partial charge on any atom is -0.504 e. The Bertz CT molecular complexity index is 316. The molecule has 0 fully saturated rings. The van der Waals surface area contributed by atoms with Crippen molar-refractivity contribution in [3.05, 3.63) is 11.4 Å². The van der Waals surface area contributed by atoms with Crippen molar-refractivity contribution in [3.8, 4) is 5.75 Å². The minimum atomic E-state index is 0.416. The molecule has 0 unspecified atom stereocenters. The van der Waals surface area contributed by atoms with Crippen LogP contribution in [0.1, 0.15) is 45.5 Å². The van der Waals surface area contributed by atoms with Crippen LogP contribution in [0, 0.1) is 5.92 Å². The smallest absolute Gasteiger partial charge is 0.160 e.